The van der Waals surface area contributed by atoms with E-state index in [9.17, 15) is 0 Å². The maximum absolute atomic E-state index is 5.31. The van der Waals surface area contributed by atoms with Crippen molar-refractivity contribution in [1.29, 1.82) is 0 Å². The monoisotopic (exact) mass is 215 g/mol. The zero-order valence-electron chi connectivity index (χ0n) is 7.40. The van der Waals surface area contributed by atoms with Crippen molar-refractivity contribution < 1.29 is 4.74 Å². The van der Waals surface area contributed by atoms with Crippen molar-refractivity contribution in [2.24, 2.45) is 0 Å². The van der Waals surface area contributed by atoms with Crippen LogP contribution in [0.2, 0.25) is 0 Å². The summed E-state index contributed by atoms with van der Waals surface area (Å²) in [4.78, 5) is 4.54. The lowest BCUT2D eigenvalue weighted by Gasteiger charge is -2.19. The Morgan fingerprint density at radius 3 is 2.92 bits per heavy atom. The molecule has 0 bridgehead atoms. The van der Waals surface area contributed by atoms with Gasteiger partial charge in [0.1, 0.15) is 5.01 Å². The molecule has 0 radical (unpaired) electrons. The molecule has 1 aromatic heterocycles. The average molecular weight is 215 g/mol. The van der Waals surface area contributed by atoms with Crippen LogP contribution in [0.25, 0.3) is 0 Å². The smallest absolute Gasteiger partial charge is 0.102 e. The first-order valence-corrected chi connectivity index (χ1v) is 6.04. The van der Waals surface area contributed by atoms with E-state index in [1.807, 2.05) is 0 Å². The molecule has 13 heavy (non-hydrogen) atoms. The predicted octanol–water partition coefficient (Wildman–Crippen LogP) is 2.47. The quantitative estimate of drug-likeness (QED) is 0.766. The van der Waals surface area contributed by atoms with Crippen LogP contribution in [0.5, 0.6) is 0 Å². The van der Waals surface area contributed by atoms with Gasteiger partial charge in [-0.3, -0.25) is 0 Å². The third-order valence-corrected chi connectivity index (χ3v) is 3.72. The van der Waals surface area contributed by atoms with Gasteiger partial charge in [-0.25, -0.2) is 4.98 Å². The highest BCUT2D eigenvalue weighted by atomic mass is 32.1. The molecule has 1 saturated heterocycles. The zero-order chi connectivity index (χ0) is 9.10. The molecule has 1 aliphatic rings. The summed E-state index contributed by atoms with van der Waals surface area (Å²) in [5, 5.41) is 3.30. The van der Waals surface area contributed by atoms with Crippen LogP contribution in [0.15, 0.2) is 5.38 Å². The van der Waals surface area contributed by atoms with E-state index in [0.29, 0.717) is 5.92 Å². The Hall–Kier alpha value is -0.0600. The number of thiazole rings is 1. The van der Waals surface area contributed by atoms with Crippen LogP contribution >= 0.6 is 24.0 Å². The number of aromatic nitrogens is 1. The van der Waals surface area contributed by atoms with Gasteiger partial charge in [0.2, 0.25) is 0 Å². The first-order valence-electron chi connectivity index (χ1n) is 4.53. The topological polar surface area (TPSA) is 22.1 Å². The Morgan fingerprint density at radius 1 is 1.54 bits per heavy atom. The van der Waals surface area contributed by atoms with E-state index in [1.54, 1.807) is 11.3 Å². The van der Waals surface area contributed by atoms with Crippen molar-refractivity contribution in [3.8, 4) is 0 Å². The van der Waals surface area contributed by atoms with Crippen molar-refractivity contribution in [3.63, 3.8) is 0 Å². The highest BCUT2D eigenvalue weighted by Crippen LogP contribution is 2.28. The first kappa shape index (κ1) is 9.49. The van der Waals surface area contributed by atoms with Gasteiger partial charge in [-0.1, -0.05) is 0 Å². The Balaban J connectivity index is 2.05. The molecular formula is C9H13NOS2. The Morgan fingerprint density at radius 2 is 2.31 bits per heavy atom. The molecule has 1 aromatic rings. The number of ether oxygens (including phenoxy) is 1. The third-order valence-electron chi connectivity index (χ3n) is 2.34. The van der Waals surface area contributed by atoms with E-state index in [1.165, 1.54) is 5.69 Å². The number of rotatable bonds is 2. The lowest BCUT2D eigenvalue weighted by molar-refractivity contribution is 0.0846. The molecule has 72 valence electrons. The van der Waals surface area contributed by atoms with Gasteiger partial charge in [-0.05, 0) is 12.8 Å². The van der Waals surface area contributed by atoms with E-state index in [0.717, 1.165) is 36.8 Å². The van der Waals surface area contributed by atoms with E-state index < -0.39 is 0 Å². The molecule has 0 spiro atoms. The summed E-state index contributed by atoms with van der Waals surface area (Å²) < 4.78 is 5.31. The number of hydrogen-bond donors (Lipinski definition) is 1. The fraction of sp³-hybridized carbons (Fsp3) is 0.667. The van der Waals surface area contributed by atoms with Gasteiger partial charge in [0.05, 0.1) is 5.69 Å². The molecule has 0 atom stereocenters. The average Bonchev–Trinajstić information content (AvgIpc) is 2.67. The Labute approximate surface area is 87.7 Å². The zero-order valence-corrected chi connectivity index (χ0v) is 9.11. The van der Waals surface area contributed by atoms with Crippen LogP contribution in [-0.2, 0) is 10.5 Å². The maximum Gasteiger partial charge on any atom is 0.102 e. The lowest BCUT2D eigenvalue weighted by Crippen LogP contribution is -2.14. The second-order valence-electron chi connectivity index (χ2n) is 3.21. The second-order valence-corrected chi connectivity index (χ2v) is 4.47. The van der Waals surface area contributed by atoms with Crippen molar-refractivity contribution in [1.82, 2.24) is 4.98 Å². The van der Waals surface area contributed by atoms with Crippen LogP contribution in [-0.4, -0.2) is 18.2 Å². The molecule has 2 heterocycles. The van der Waals surface area contributed by atoms with Crippen molar-refractivity contribution >= 4 is 24.0 Å². The normalized spacial score (nSPS) is 19.2. The van der Waals surface area contributed by atoms with Gasteiger partial charge in [-0.2, -0.15) is 12.6 Å². The van der Waals surface area contributed by atoms with Crippen LogP contribution in [0.3, 0.4) is 0 Å². The number of thiol groups is 1. The van der Waals surface area contributed by atoms with E-state index >= 15 is 0 Å². The molecule has 0 aromatic carbocycles. The number of hydrogen-bond acceptors (Lipinski definition) is 4. The minimum atomic E-state index is 0.624. The van der Waals surface area contributed by atoms with E-state index in [4.69, 9.17) is 4.74 Å². The van der Waals surface area contributed by atoms with Gasteiger partial charge in [0.25, 0.3) is 0 Å². The van der Waals surface area contributed by atoms with Gasteiger partial charge in [0, 0.05) is 30.3 Å². The van der Waals surface area contributed by atoms with Crippen molar-refractivity contribution in [2.75, 3.05) is 13.2 Å². The molecule has 0 aliphatic carbocycles. The van der Waals surface area contributed by atoms with Crippen LogP contribution in [0.4, 0.5) is 0 Å². The summed E-state index contributed by atoms with van der Waals surface area (Å²) in [5.74, 6) is 1.38. The van der Waals surface area contributed by atoms with Crippen molar-refractivity contribution in [2.45, 2.75) is 24.5 Å². The summed E-state index contributed by atoms with van der Waals surface area (Å²) in [5.41, 5.74) is 1.25. The van der Waals surface area contributed by atoms with Crippen LogP contribution in [0, 0.1) is 0 Å². The number of nitrogens with zero attached hydrogens (tertiary/aromatic N) is 1. The second kappa shape index (κ2) is 4.44. The highest BCUT2D eigenvalue weighted by Gasteiger charge is 2.18. The molecule has 1 fully saturated rings. The molecule has 4 heteroatoms. The fourth-order valence-corrected chi connectivity index (χ4v) is 2.61. The minimum absolute atomic E-state index is 0.624. The van der Waals surface area contributed by atoms with Gasteiger partial charge >= 0.3 is 0 Å². The van der Waals surface area contributed by atoms with E-state index in [-0.39, 0.29) is 0 Å². The van der Waals surface area contributed by atoms with Gasteiger partial charge in [-0.15, -0.1) is 11.3 Å². The molecule has 0 unspecified atom stereocenters. The molecule has 2 rings (SSSR count). The Bertz CT molecular complexity index is 268. The van der Waals surface area contributed by atoms with Crippen LogP contribution < -0.4 is 0 Å². The third kappa shape index (κ3) is 2.24. The summed E-state index contributed by atoms with van der Waals surface area (Å²) in [6, 6.07) is 0. The highest BCUT2D eigenvalue weighted by molar-refractivity contribution is 7.79. The first-order chi connectivity index (χ1) is 6.40. The molecule has 0 amide bonds. The summed E-state index contributed by atoms with van der Waals surface area (Å²) in [6.07, 6.45) is 2.24. The minimum Gasteiger partial charge on any atom is -0.381 e. The molecular weight excluding hydrogens is 202 g/mol. The summed E-state index contributed by atoms with van der Waals surface area (Å²) in [6.45, 7) is 1.77. The predicted molar refractivity (Wildman–Crippen MR) is 57.6 cm³/mol. The van der Waals surface area contributed by atoms with Crippen LogP contribution in [0.1, 0.15) is 29.5 Å². The molecule has 0 N–H and O–H groups in total. The molecule has 2 nitrogen and oxygen atoms in total. The SMILES string of the molecule is SCc1nc(C2CCOCC2)cs1. The molecule has 0 saturated carbocycles. The maximum atomic E-state index is 5.31. The van der Waals surface area contributed by atoms with Gasteiger partial charge in [0.15, 0.2) is 0 Å². The summed E-state index contributed by atoms with van der Waals surface area (Å²) in [7, 11) is 0. The standard InChI is InChI=1S/C9H13NOS2/c12-5-9-10-8(6-13-9)7-1-3-11-4-2-7/h6-7,12H,1-5H2. The largest absolute Gasteiger partial charge is 0.381 e. The van der Waals surface area contributed by atoms with E-state index in [2.05, 4.69) is 23.0 Å². The van der Waals surface area contributed by atoms with Crippen molar-refractivity contribution in [3.05, 3.63) is 16.1 Å². The Kier molecular flexibility index (Phi) is 3.24. The fourth-order valence-electron chi connectivity index (χ4n) is 1.58. The summed E-state index contributed by atoms with van der Waals surface area (Å²) >= 11 is 5.93. The lowest BCUT2D eigenvalue weighted by atomic mass is 9.98. The van der Waals surface area contributed by atoms with Gasteiger partial charge < -0.3 is 4.74 Å². The molecule has 1 aliphatic heterocycles.